The van der Waals surface area contributed by atoms with E-state index in [0.717, 1.165) is 0 Å². The van der Waals surface area contributed by atoms with E-state index in [9.17, 15) is 15.3 Å². The Hall–Kier alpha value is -1.40. The Kier molecular flexibility index (Phi) is 4.23. The number of para-hydroxylation sites is 1. The fraction of sp³-hybridized carbons (Fsp3) is 0.529. The van der Waals surface area contributed by atoms with Crippen molar-refractivity contribution in [3.8, 4) is 0 Å². The molecule has 3 rings (SSSR count). The molecule has 1 aliphatic carbocycles. The predicted molar refractivity (Wildman–Crippen MR) is 85.4 cm³/mol. The van der Waals surface area contributed by atoms with Crippen molar-refractivity contribution >= 4 is 10.9 Å². The van der Waals surface area contributed by atoms with Crippen LogP contribution in [0.5, 0.6) is 0 Å². The number of hydrogen-bond donors (Lipinski definition) is 4. The van der Waals surface area contributed by atoms with Crippen LogP contribution in [-0.2, 0) is 13.6 Å². The summed E-state index contributed by atoms with van der Waals surface area (Å²) < 4.78 is 2.11. The third-order valence-corrected chi connectivity index (χ3v) is 4.86. The Morgan fingerprint density at radius 3 is 2.59 bits per heavy atom. The third kappa shape index (κ3) is 2.77. The van der Waals surface area contributed by atoms with Gasteiger partial charge in [0.15, 0.2) is 0 Å². The van der Waals surface area contributed by atoms with Gasteiger partial charge in [-0.05, 0) is 24.5 Å². The van der Waals surface area contributed by atoms with Crippen LogP contribution in [0.4, 0.5) is 0 Å². The fourth-order valence-corrected chi connectivity index (χ4v) is 3.60. The van der Waals surface area contributed by atoms with Gasteiger partial charge in [-0.1, -0.05) is 18.2 Å². The van der Waals surface area contributed by atoms with Crippen LogP contribution >= 0.6 is 0 Å². The van der Waals surface area contributed by atoms with Crippen LogP contribution in [0.2, 0.25) is 0 Å². The summed E-state index contributed by atoms with van der Waals surface area (Å²) in [6, 6.07) is 8.27. The lowest BCUT2D eigenvalue weighted by atomic mass is 9.87. The molecule has 2 aromatic rings. The first-order valence-corrected chi connectivity index (χ1v) is 7.75. The van der Waals surface area contributed by atoms with Gasteiger partial charge in [0.2, 0.25) is 0 Å². The summed E-state index contributed by atoms with van der Waals surface area (Å²) in [4.78, 5) is 0. The molecule has 1 aromatic carbocycles. The predicted octanol–water partition coefficient (Wildman–Crippen LogP) is 0.762. The molecule has 1 saturated carbocycles. The van der Waals surface area contributed by atoms with E-state index in [1.54, 1.807) is 0 Å². The Bertz CT molecular complexity index is 642. The Morgan fingerprint density at radius 2 is 1.91 bits per heavy atom. The molecule has 0 radical (unpaired) electrons. The van der Waals surface area contributed by atoms with Crippen molar-refractivity contribution < 1.29 is 15.3 Å². The van der Waals surface area contributed by atoms with Crippen molar-refractivity contribution in [3.63, 3.8) is 0 Å². The number of hydrogen-bond acceptors (Lipinski definition) is 4. The number of aromatic nitrogens is 1. The summed E-state index contributed by atoms with van der Waals surface area (Å²) in [5.41, 5.74) is 1.98. The van der Waals surface area contributed by atoms with Crippen LogP contribution < -0.4 is 5.32 Å². The first-order chi connectivity index (χ1) is 10.5. The number of benzene rings is 1. The number of nitrogens with zero attached hydrogens (tertiary/aromatic N) is 1. The maximum atomic E-state index is 9.73. The zero-order chi connectivity index (χ0) is 15.7. The van der Waals surface area contributed by atoms with E-state index in [1.165, 1.54) is 16.5 Å². The van der Waals surface area contributed by atoms with E-state index >= 15 is 0 Å². The molecule has 1 aromatic heterocycles. The van der Waals surface area contributed by atoms with Crippen molar-refractivity contribution in [2.75, 3.05) is 13.2 Å². The molecule has 0 saturated heterocycles. The highest BCUT2D eigenvalue weighted by Gasteiger charge is 2.43. The SMILES string of the molecule is Cn1cc(CNCC2(CO)C[C@@H](O)[C@@H](O)C2)c2ccccc21. The van der Waals surface area contributed by atoms with Gasteiger partial charge in [-0.15, -0.1) is 0 Å². The number of aliphatic hydroxyl groups is 3. The molecule has 5 nitrogen and oxygen atoms in total. The minimum absolute atomic E-state index is 0.0241. The average Bonchev–Trinajstić information content (AvgIpc) is 2.98. The molecule has 0 amide bonds. The van der Waals surface area contributed by atoms with E-state index in [4.69, 9.17) is 0 Å². The van der Waals surface area contributed by atoms with E-state index in [-0.39, 0.29) is 6.61 Å². The van der Waals surface area contributed by atoms with Crippen molar-refractivity contribution in [2.45, 2.75) is 31.6 Å². The second-order valence-corrected chi connectivity index (χ2v) is 6.59. The van der Waals surface area contributed by atoms with Gasteiger partial charge in [-0.2, -0.15) is 0 Å². The van der Waals surface area contributed by atoms with Gasteiger partial charge in [-0.25, -0.2) is 0 Å². The van der Waals surface area contributed by atoms with Gasteiger partial charge >= 0.3 is 0 Å². The summed E-state index contributed by atoms with van der Waals surface area (Å²) in [6.07, 6.45) is 1.53. The molecule has 1 heterocycles. The smallest absolute Gasteiger partial charge is 0.0806 e. The van der Waals surface area contributed by atoms with Gasteiger partial charge in [0.25, 0.3) is 0 Å². The van der Waals surface area contributed by atoms with Crippen molar-refractivity contribution in [2.24, 2.45) is 12.5 Å². The zero-order valence-electron chi connectivity index (χ0n) is 12.9. The molecule has 0 bridgehead atoms. The molecular weight excluding hydrogens is 280 g/mol. The van der Waals surface area contributed by atoms with Crippen LogP contribution in [0, 0.1) is 5.41 Å². The molecule has 0 aliphatic heterocycles. The lowest BCUT2D eigenvalue weighted by Crippen LogP contribution is -2.35. The number of rotatable bonds is 5. The van der Waals surface area contributed by atoms with E-state index in [2.05, 4.69) is 28.2 Å². The topological polar surface area (TPSA) is 77.7 Å². The van der Waals surface area contributed by atoms with Crippen molar-refractivity contribution in [1.29, 1.82) is 0 Å². The molecule has 1 aliphatic rings. The van der Waals surface area contributed by atoms with Gasteiger partial charge in [0.05, 0.1) is 18.8 Å². The largest absolute Gasteiger partial charge is 0.396 e. The van der Waals surface area contributed by atoms with Gasteiger partial charge < -0.3 is 25.2 Å². The fourth-order valence-electron chi connectivity index (χ4n) is 3.60. The highest BCUT2D eigenvalue weighted by atomic mass is 16.3. The summed E-state index contributed by atoms with van der Waals surface area (Å²) in [5, 5.41) is 33.7. The molecule has 4 N–H and O–H groups in total. The van der Waals surface area contributed by atoms with Crippen LogP contribution in [-0.4, -0.2) is 45.2 Å². The highest BCUT2D eigenvalue weighted by Crippen LogP contribution is 2.37. The second kappa shape index (κ2) is 6.01. The van der Waals surface area contributed by atoms with E-state index in [1.807, 2.05) is 19.2 Å². The normalized spacial score (nSPS) is 28.5. The molecule has 1 fully saturated rings. The quantitative estimate of drug-likeness (QED) is 0.658. The lowest BCUT2D eigenvalue weighted by molar-refractivity contribution is 0.0438. The van der Waals surface area contributed by atoms with Crippen LogP contribution in [0.3, 0.4) is 0 Å². The van der Waals surface area contributed by atoms with Crippen molar-refractivity contribution in [3.05, 3.63) is 36.0 Å². The monoisotopic (exact) mass is 304 g/mol. The number of aliphatic hydroxyl groups excluding tert-OH is 3. The highest BCUT2D eigenvalue weighted by molar-refractivity contribution is 5.83. The van der Waals surface area contributed by atoms with Gasteiger partial charge in [-0.3, -0.25) is 0 Å². The molecule has 5 heteroatoms. The summed E-state index contributed by atoms with van der Waals surface area (Å²) >= 11 is 0. The Labute approximate surface area is 130 Å². The maximum Gasteiger partial charge on any atom is 0.0806 e. The number of fused-ring (bicyclic) bond motifs is 1. The van der Waals surface area contributed by atoms with Crippen LogP contribution in [0.15, 0.2) is 30.5 Å². The van der Waals surface area contributed by atoms with Gasteiger partial charge in [0, 0.05) is 42.7 Å². The lowest BCUT2D eigenvalue weighted by Gasteiger charge is -2.26. The third-order valence-electron chi connectivity index (χ3n) is 4.86. The molecular formula is C17H24N2O3. The molecule has 0 spiro atoms. The zero-order valence-corrected chi connectivity index (χ0v) is 12.9. The van der Waals surface area contributed by atoms with Crippen LogP contribution in [0.25, 0.3) is 10.9 Å². The Balaban J connectivity index is 1.67. The molecule has 120 valence electrons. The Morgan fingerprint density at radius 1 is 1.23 bits per heavy atom. The van der Waals surface area contributed by atoms with Crippen LogP contribution in [0.1, 0.15) is 18.4 Å². The van der Waals surface area contributed by atoms with E-state index < -0.39 is 17.6 Å². The average molecular weight is 304 g/mol. The molecule has 1 unspecified atom stereocenters. The standard InChI is InChI=1S/C17H24N2O3/c1-19-9-12(13-4-2-3-5-14(13)19)8-18-10-17(11-20)6-15(21)16(22)7-17/h2-5,9,15-16,18,20-22H,6-8,10-11H2,1H3/t15-,16+,17?. The first kappa shape index (κ1) is 15.5. The summed E-state index contributed by atoms with van der Waals surface area (Å²) in [7, 11) is 2.03. The molecule has 3 atom stereocenters. The number of nitrogens with one attached hydrogen (secondary N) is 1. The van der Waals surface area contributed by atoms with Gasteiger partial charge in [0.1, 0.15) is 0 Å². The van der Waals surface area contributed by atoms with E-state index in [0.29, 0.717) is 25.9 Å². The second-order valence-electron chi connectivity index (χ2n) is 6.59. The summed E-state index contributed by atoms with van der Waals surface area (Å²) in [6.45, 7) is 1.26. The van der Waals surface area contributed by atoms with Crippen molar-refractivity contribution in [1.82, 2.24) is 9.88 Å². The maximum absolute atomic E-state index is 9.73. The number of aryl methyl sites for hydroxylation is 1. The minimum Gasteiger partial charge on any atom is -0.396 e. The first-order valence-electron chi connectivity index (χ1n) is 7.75. The molecule has 22 heavy (non-hydrogen) atoms. The minimum atomic E-state index is -0.730. The summed E-state index contributed by atoms with van der Waals surface area (Å²) in [5.74, 6) is 0.